The van der Waals surface area contributed by atoms with E-state index in [-0.39, 0.29) is 17.8 Å². The lowest BCUT2D eigenvalue weighted by Crippen LogP contribution is -2.49. The average Bonchev–Trinajstić information content (AvgIpc) is 2.46. The zero-order valence-corrected chi connectivity index (χ0v) is 15.3. The van der Waals surface area contributed by atoms with E-state index in [2.05, 4.69) is 30.6 Å². The van der Waals surface area contributed by atoms with Gasteiger partial charge in [-0.25, -0.2) is 0 Å². The van der Waals surface area contributed by atoms with Crippen LogP contribution < -0.4 is 5.73 Å². The van der Waals surface area contributed by atoms with Crippen LogP contribution in [0.2, 0.25) is 0 Å². The maximum atomic E-state index is 12.3. The molecule has 0 aromatic rings. The first-order valence-electron chi connectivity index (χ1n) is 8.61. The molecule has 0 bridgehead atoms. The van der Waals surface area contributed by atoms with Gasteiger partial charge in [-0.2, -0.15) is 0 Å². The smallest absolute Gasteiger partial charge is 0.223 e. The highest BCUT2D eigenvalue weighted by Crippen LogP contribution is 2.25. The highest BCUT2D eigenvalue weighted by molar-refractivity contribution is 5.85. The average molecular weight is 332 g/mol. The van der Waals surface area contributed by atoms with E-state index in [0.29, 0.717) is 18.4 Å². The molecule has 0 unspecified atom stereocenters. The van der Waals surface area contributed by atoms with Gasteiger partial charge in [0, 0.05) is 25.6 Å². The molecule has 2 fully saturated rings. The van der Waals surface area contributed by atoms with Crippen LogP contribution in [0.3, 0.4) is 0 Å². The van der Waals surface area contributed by atoms with Crippen LogP contribution in [-0.4, -0.2) is 54.5 Å². The van der Waals surface area contributed by atoms with Crippen LogP contribution in [0.4, 0.5) is 0 Å². The molecule has 2 heterocycles. The Kier molecular flexibility index (Phi) is 7.63. The molecule has 0 aromatic carbocycles. The quantitative estimate of drug-likeness (QED) is 0.864. The lowest BCUT2D eigenvalue weighted by molar-refractivity contribution is -0.134. The third kappa shape index (κ3) is 5.71. The standard InChI is InChI=1S/C17H33N3O.ClH/c1-17(2,3)12-16(21)20-10-6-15(7-11-20)19-8-4-14(13-18)5-9-19;/h14-15H,4-13,18H2,1-3H3;1H. The largest absolute Gasteiger partial charge is 0.343 e. The molecular formula is C17H34ClN3O. The Morgan fingerprint density at radius 1 is 1.05 bits per heavy atom. The zero-order chi connectivity index (χ0) is 15.5. The van der Waals surface area contributed by atoms with Crippen LogP contribution in [-0.2, 0) is 4.79 Å². The van der Waals surface area contributed by atoms with Gasteiger partial charge in [-0.1, -0.05) is 20.8 Å². The van der Waals surface area contributed by atoms with Crippen LogP contribution in [0, 0.1) is 11.3 Å². The Hall–Kier alpha value is -0.320. The molecule has 0 saturated carbocycles. The van der Waals surface area contributed by atoms with Gasteiger partial charge in [0.25, 0.3) is 0 Å². The number of carbonyl (C=O) groups is 1. The maximum absolute atomic E-state index is 12.3. The number of hydrogen-bond donors (Lipinski definition) is 1. The second-order valence-electron chi connectivity index (χ2n) is 8.06. The molecule has 0 spiro atoms. The molecule has 2 saturated heterocycles. The summed E-state index contributed by atoms with van der Waals surface area (Å²) in [5.41, 5.74) is 5.86. The summed E-state index contributed by atoms with van der Waals surface area (Å²) in [6.07, 6.45) is 5.45. The Balaban J connectivity index is 0.00000242. The SMILES string of the molecule is CC(C)(C)CC(=O)N1CCC(N2CCC(CN)CC2)CC1.Cl. The van der Waals surface area contributed by atoms with E-state index in [9.17, 15) is 4.79 Å². The van der Waals surface area contributed by atoms with Gasteiger partial charge in [-0.15, -0.1) is 12.4 Å². The molecule has 130 valence electrons. The lowest BCUT2D eigenvalue weighted by atomic mass is 9.90. The molecule has 2 aliphatic heterocycles. The second kappa shape index (κ2) is 8.51. The van der Waals surface area contributed by atoms with Crippen LogP contribution in [0.15, 0.2) is 0 Å². The first kappa shape index (κ1) is 19.7. The van der Waals surface area contributed by atoms with Crippen molar-refractivity contribution in [2.45, 2.75) is 58.9 Å². The van der Waals surface area contributed by atoms with Crippen LogP contribution in [0.1, 0.15) is 52.9 Å². The van der Waals surface area contributed by atoms with E-state index in [1.165, 1.54) is 25.9 Å². The lowest BCUT2D eigenvalue weighted by Gasteiger charge is -2.42. The van der Waals surface area contributed by atoms with Crippen molar-refractivity contribution in [3.8, 4) is 0 Å². The molecule has 2 aliphatic rings. The van der Waals surface area contributed by atoms with Crippen molar-refractivity contribution in [3.63, 3.8) is 0 Å². The molecule has 4 nitrogen and oxygen atoms in total. The van der Waals surface area contributed by atoms with Gasteiger partial charge < -0.3 is 15.5 Å². The van der Waals surface area contributed by atoms with Crippen molar-refractivity contribution in [3.05, 3.63) is 0 Å². The Bertz CT molecular complexity index is 340. The van der Waals surface area contributed by atoms with Crippen molar-refractivity contribution in [1.29, 1.82) is 0 Å². The van der Waals surface area contributed by atoms with E-state index in [1.807, 2.05) is 0 Å². The van der Waals surface area contributed by atoms with Gasteiger partial charge in [0.2, 0.25) is 5.91 Å². The summed E-state index contributed by atoms with van der Waals surface area (Å²) < 4.78 is 0. The molecule has 5 heteroatoms. The molecule has 0 aromatic heterocycles. The second-order valence-corrected chi connectivity index (χ2v) is 8.06. The summed E-state index contributed by atoms with van der Waals surface area (Å²) in [5, 5.41) is 0. The van der Waals surface area contributed by atoms with E-state index in [1.54, 1.807) is 0 Å². The predicted octanol–water partition coefficient (Wildman–Crippen LogP) is 2.51. The van der Waals surface area contributed by atoms with E-state index >= 15 is 0 Å². The molecule has 0 aliphatic carbocycles. The predicted molar refractivity (Wildman–Crippen MR) is 94.3 cm³/mol. The molecular weight excluding hydrogens is 298 g/mol. The topological polar surface area (TPSA) is 49.6 Å². The Morgan fingerprint density at radius 3 is 2.05 bits per heavy atom. The third-order valence-corrected chi connectivity index (χ3v) is 5.00. The van der Waals surface area contributed by atoms with Crippen LogP contribution >= 0.6 is 12.4 Å². The van der Waals surface area contributed by atoms with Crippen molar-refractivity contribution >= 4 is 18.3 Å². The minimum atomic E-state index is 0. The number of amides is 1. The van der Waals surface area contributed by atoms with Crippen molar-refractivity contribution in [2.75, 3.05) is 32.7 Å². The van der Waals surface area contributed by atoms with Gasteiger partial charge >= 0.3 is 0 Å². The van der Waals surface area contributed by atoms with Gasteiger partial charge in [0.1, 0.15) is 0 Å². The normalized spacial score (nSPS) is 22.5. The number of carbonyl (C=O) groups excluding carboxylic acids is 1. The van der Waals surface area contributed by atoms with Crippen LogP contribution in [0.25, 0.3) is 0 Å². The molecule has 2 N–H and O–H groups in total. The fourth-order valence-corrected chi connectivity index (χ4v) is 3.60. The van der Waals surface area contributed by atoms with E-state index in [0.717, 1.165) is 38.4 Å². The van der Waals surface area contributed by atoms with Gasteiger partial charge in [-0.05, 0) is 56.7 Å². The summed E-state index contributed by atoms with van der Waals surface area (Å²) in [4.78, 5) is 17.0. The zero-order valence-electron chi connectivity index (χ0n) is 14.5. The number of rotatable bonds is 3. The van der Waals surface area contributed by atoms with Gasteiger partial charge in [0.15, 0.2) is 0 Å². The van der Waals surface area contributed by atoms with Crippen LogP contribution in [0.5, 0.6) is 0 Å². The molecule has 2 rings (SSSR count). The van der Waals surface area contributed by atoms with Crippen molar-refractivity contribution in [2.24, 2.45) is 17.1 Å². The summed E-state index contributed by atoms with van der Waals surface area (Å²) in [5.74, 6) is 1.07. The molecule has 0 radical (unpaired) electrons. The minimum Gasteiger partial charge on any atom is -0.343 e. The Labute approximate surface area is 142 Å². The fourth-order valence-electron chi connectivity index (χ4n) is 3.60. The minimum absolute atomic E-state index is 0. The first-order chi connectivity index (χ1) is 9.89. The monoisotopic (exact) mass is 331 g/mol. The van der Waals surface area contributed by atoms with Crippen molar-refractivity contribution < 1.29 is 4.79 Å². The number of hydrogen-bond acceptors (Lipinski definition) is 3. The summed E-state index contributed by atoms with van der Waals surface area (Å²) in [6.45, 7) is 11.5. The summed E-state index contributed by atoms with van der Waals surface area (Å²) in [7, 11) is 0. The number of likely N-dealkylation sites (tertiary alicyclic amines) is 2. The first-order valence-corrected chi connectivity index (χ1v) is 8.61. The van der Waals surface area contributed by atoms with Gasteiger partial charge in [0.05, 0.1) is 0 Å². The third-order valence-electron chi connectivity index (χ3n) is 5.00. The summed E-state index contributed by atoms with van der Waals surface area (Å²) >= 11 is 0. The Morgan fingerprint density at radius 2 is 1.59 bits per heavy atom. The number of nitrogens with two attached hydrogens (primary N) is 1. The van der Waals surface area contributed by atoms with E-state index in [4.69, 9.17) is 5.73 Å². The number of nitrogens with zero attached hydrogens (tertiary/aromatic N) is 2. The highest BCUT2D eigenvalue weighted by Gasteiger charge is 2.30. The highest BCUT2D eigenvalue weighted by atomic mass is 35.5. The van der Waals surface area contributed by atoms with Gasteiger partial charge in [-0.3, -0.25) is 4.79 Å². The molecule has 0 atom stereocenters. The molecule has 1 amide bonds. The maximum Gasteiger partial charge on any atom is 0.223 e. The van der Waals surface area contributed by atoms with E-state index < -0.39 is 0 Å². The summed E-state index contributed by atoms with van der Waals surface area (Å²) in [6, 6.07) is 0.683. The fraction of sp³-hybridized carbons (Fsp3) is 0.941. The number of halogens is 1. The molecule has 22 heavy (non-hydrogen) atoms. The number of piperidine rings is 2. The van der Waals surface area contributed by atoms with Crippen molar-refractivity contribution in [1.82, 2.24) is 9.80 Å².